The van der Waals surface area contributed by atoms with Gasteiger partial charge in [-0.2, -0.15) is 0 Å². The summed E-state index contributed by atoms with van der Waals surface area (Å²) in [5.74, 6) is 1.13. The molecular weight excluding hydrogens is 348 g/mol. The largest absolute Gasteiger partial charge is 0.350 e. The van der Waals surface area contributed by atoms with Crippen LogP contribution in [0.3, 0.4) is 0 Å². The van der Waals surface area contributed by atoms with Gasteiger partial charge in [-0.3, -0.25) is 4.79 Å². The van der Waals surface area contributed by atoms with Gasteiger partial charge in [0.1, 0.15) is 17.3 Å². The van der Waals surface area contributed by atoms with Crippen LogP contribution >= 0.6 is 0 Å². The first-order chi connectivity index (χ1) is 13.6. The first-order valence-corrected chi connectivity index (χ1v) is 9.59. The third-order valence-corrected chi connectivity index (χ3v) is 4.51. The van der Waals surface area contributed by atoms with E-state index in [1.54, 1.807) is 6.07 Å². The van der Waals surface area contributed by atoms with Crippen molar-refractivity contribution in [3.63, 3.8) is 0 Å². The molecule has 1 amide bonds. The zero-order valence-electron chi connectivity index (χ0n) is 16.6. The molecule has 0 aliphatic carbocycles. The lowest BCUT2D eigenvalue weighted by molar-refractivity contribution is 0.0948. The van der Waals surface area contributed by atoms with Crippen LogP contribution in [0.4, 0.5) is 11.5 Å². The molecule has 0 aliphatic rings. The molecule has 0 unspecified atom stereocenters. The number of anilines is 2. The van der Waals surface area contributed by atoms with Crippen LogP contribution in [0.5, 0.6) is 0 Å². The highest BCUT2D eigenvalue weighted by molar-refractivity contribution is 5.93. The summed E-state index contributed by atoms with van der Waals surface area (Å²) in [6.45, 7) is 7.26. The van der Waals surface area contributed by atoms with Crippen molar-refractivity contribution >= 4 is 17.4 Å². The van der Waals surface area contributed by atoms with E-state index in [1.165, 1.54) is 11.1 Å². The minimum absolute atomic E-state index is 0.178. The number of hydrogen-bond acceptors (Lipinski definition) is 4. The molecule has 3 aromatic rings. The lowest BCUT2D eigenvalue weighted by Gasteiger charge is -2.23. The van der Waals surface area contributed by atoms with Gasteiger partial charge in [0.25, 0.3) is 5.91 Å². The van der Waals surface area contributed by atoms with E-state index in [0.29, 0.717) is 18.1 Å². The molecule has 0 aliphatic heterocycles. The Hall–Kier alpha value is -3.21. The molecule has 1 N–H and O–H groups in total. The number of nitrogens with one attached hydrogen (secondary N) is 1. The summed E-state index contributed by atoms with van der Waals surface area (Å²) in [6.07, 6.45) is 0.786. The van der Waals surface area contributed by atoms with E-state index in [1.807, 2.05) is 37.3 Å². The third-order valence-electron chi connectivity index (χ3n) is 4.51. The van der Waals surface area contributed by atoms with Crippen molar-refractivity contribution in [2.24, 2.45) is 0 Å². The molecule has 28 heavy (non-hydrogen) atoms. The Kier molecular flexibility index (Phi) is 6.37. The highest BCUT2D eigenvalue weighted by Gasteiger charge is 2.15. The van der Waals surface area contributed by atoms with Crippen LogP contribution in [0.25, 0.3) is 0 Å². The van der Waals surface area contributed by atoms with Gasteiger partial charge in [0.2, 0.25) is 0 Å². The summed E-state index contributed by atoms with van der Waals surface area (Å²) in [5, 5.41) is 2.96. The second kappa shape index (κ2) is 9.13. The lowest BCUT2D eigenvalue weighted by Crippen LogP contribution is -2.27. The Bertz CT molecular complexity index is 940. The second-order valence-electron chi connectivity index (χ2n) is 6.73. The molecule has 0 saturated heterocycles. The number of carbonyl (C=O) groups excluding carboxylic acids is 1. The van der Waals surface area contributed by atoms with Crippen LogP contribution in [0.1, 0.15) is 34.4 Å². The Morgan fingerprint density at radius 3 is 2.50 bits per heavy atom. The van der Waals surface area contributed by atoms with Crippen molar-refractivity contribution in [3.8, 4) is 0 Å². The molecule has 5 nitrogen and oxygen atoms in total. The SMILES string of the molecule is CCN(c1cccc(C)c1)c1cc(C(=O)NCCc2ccccc2)nc(C)n1. The van der Waals surface area contributed by atoms with Crippen molar-refractivity contribution in [1.29, 1.82) is 0 Å². The van der Waals surface area contributed by atoms with E-state index in [4.69, 9.17) is 0 Å². The minimum atomic E-state index is -0.178. The van der Waals surface area contributed by atoms with E-state index in [-0.39, 0.29) is 5.91 Å². The highest BCUT2D eigenvalue weighted by atomic mass is 16.1. The standard InChI is InChI=1S/C23H26N4O/c1-4-27(20-12-8-9-17(2)15-20)22-16-21(25-18(3)26-22)23(28)24-14-13-19-10-6-5-7-11-19/h5-12,15-16H,4,13-14H2,1-3H3,(H,24,28). The molecule has 0 bridgehead atoms. The van der Waals surface area contributed by atoms with Gasteiger partial charge in [-0.05, 0) is 50.5 Å². The van der Waals surface area contributed by atoms with E-state index in [2.05, 4.69) is 58.3 Å². The topological polar surface area (TPSA) is 58.1 Å². The Morgan fingerprint density at radius 2 is 1.79 bits per heavy atom. The van der Waals surface area contributed by atoms with Crippen LogP contribution in [-0.4, -0.2) is 29.0 Å². The zero-order valence-corrected chi connectivity index (χ0v) is 16.6. The molecule has 0 atom stereocenters. The molecule has 0 spiro atoms. The first kappa shape index (κ1) is 19.5. The number of aromatic nitrogens is 2. The second-order valence-corrected chi connectivity index (χ2v) is 6.73. The van der Waals surface area contributed by atoms with E-state index in [0.717, 1.165) is 24.5 Å². The maximum atomic E-state index is 12.6. The van der Waals surface area contributed by atoms with Crippen LogP contribution in [0.2, 0.25) is 0 Å². The predicted molar refractivity (Wildman–Crippen MR) is 113 cm³/mol. The van der Waals surface area contributed by atoms with Gasteiger partial charge in [0.05, 0.1) is 0 Å². The number of amides is 1. The Balaban J connectivity index is 1.75. The smallest absolute Gasteiger partial charge is 0.270 e. The fourth-order valence-electron chi connectivity index (χ4n) is 3.13. The number of hydrogen-bond donors (Lipinski definition) is 1. The summed E-state index contributed by atoms with van der Waals surface area (Å²) in [4.78, 5) is 23.6. The molecule has 0 fully saturated rings. The van der Waals surface area contributed by atoms with Gasteiger partial charge < -0.3 is 10.2 Å². The van der Waals surface area contributed by atoms with E-state index < -0.39 is 0 Å². The number of nitrogens with zero attached hydrogens (tertiary/aromatic N) is 3. The molecule has 0 saturated carbocycles. The minimum Gasteiger partial charge on any atom is -0.350 e. The molecule has 5 heteroatoms. The van der Waals surface area contributed by atoms with Gasteiger partial charge in [-0.25, -0.2) is 9.97 Å². The van der Waals surface area contributed by atoms with Crippen LogP contribution in [0, 0.1) is 13.8 Å². The van der Waals surface area contributed by atoms with Crippen LogP contribution in [0.15, 0.2) is 60.7 Å². The van der Waals surface area contributed by atoms with Crippen LogP contribution in [-0.2, 0) is 6.42 Å². The monoisotopic (exact) mass is 374 g/mol. The Labute approximate surface area is 166 Å². The number of benzene rings is 2. The van der Waals surface area contributed by atoms with Crippen LogP contribution < -0.4 is 10.2 Å². The molecular formula is C23H26N4O. The quantitative estimate of drug-likeness (QED) is 0.673. The van der Waals surface area contributed by atoms with Crippen molar-refractivity contribution in [1.82, 2.24) is 15.3 Å². The number of aryl methyl sites for hydroxylation is 2. The maximum Gasteiger partial charge on any atom is 0.270 e. The summed E-state index contributed by atoms with van der Waals surface area (Å²) >= 11 is 0. The van der Waals surface area contributed by atoms with Crippen molar-refractivity contribution in [2.75, 3.05) is 18.0 Å². The molecule has 2 aromatic carbocycles. The lowest BCUT2D eigenvalue weighted by atomic mass is 10.1. The molecule has 144 valence electrons. The summed E-state index contributed by atoms with van der Waals surface area (Å²) in [6, 6.07) is 20.1. The van der Waals surface area contributed by atoms with Gasteiger partial charge in [0.15, 0.2) is 0 Å². The van der Waals surface area contributed by atoms with Gasteiger partial charge in [0, 0.05) is 24.8 Å². The van der Waals surface area contributed by atoms with Gasteiger partial charge >= 0.3 is 0 Å². The first-order valence-electron chi connectivity index (χ1n) is 9.59. The third kappa shape index (κ3) is 4.94. The summed E-state index contributed by atoms with van der Waals surface area (Å²) < 4.78 is 0. The number of rotatable bonds is 7. The Morgan fingerprint density at radius 1 is 1.00 bits per heavy atom. The predicted octanol–water partition coefficient (Wildman–Crippen LogP) is 4.22. The zero-order chi connectivity index (χ0) is 19.9. The summed E-state index contributed by atoms with van der Waals surface area (Å²) in [7, 11) is 0. The van der Waals surface area contributed by atoms with E-state index in [9.17, 15) is 4.79 Å². The molecule has 0 radical (unpaired) electrons. The fourth-order valence-corrected chi connectivity index (χ4v) is 3.13. The maximum absolute atomic E-state index is 12.6. The van der Waals surface area contributed by atoms with E-state index >= 15 is 0 Å². The fraction of sp³-hybridized carbons (Fsp3) is 0.261. The van der Waals surface area contributed by atoms with Crippen molar-refractivity contribution in [3.05, 3.63) is 83.3 Å². The average molecular weight is 374 g/mol. The van der Waals surface area contributed by atoms with Crippen molar-refractivity contribution in [2.45, 2.75) is 27.2 Å². The normalized spacial score (nSPS) is 10.5. The number of carbonyl (C=O) groups is 1. The van der Waals surface area contributed by atoms with Gasteiger partial charge in [-0.1, -0.05) is 42.5 Å². The molecule has 3 rings (SSSR count). The molecule has 1 aromatic heterocycles. The molecule has 1 heterocycles. The van der Waals surface area contributed by atoms with Crippen molar-refractivity contribution < 1.29 is 4.79 Å². The average Bonchev–Trinajstić information content (AvgIpc) is 2.69. The highest BCUT2D eigenvalue weighted by Crippen LogP contribution is 2.24. The van der Waals surface area contributed by atoms with Gasteiger partial charge in [-0.15, -0.1) is 0 Å². The summed E-state index contributed by atoms with van der Waals surface area (Å²) in [5.41, 5.74) is 3.82.